The molecule has 2 aromatic carbocycles. The minimum atomic E-state index is -4.78. The number of benzene rings is 2. The van der Waals surface area contributed by atoms with Gasteiger partial charge in [-0.25, -0.2) is 0 Å². The number of halogens is 3. The number of aryl methyl sites for hydroxylation is 2. The second kappa shape index (κ2) is 3.88. The Kier molecular flexibility index (Phi) is 2.57. The average Bonchev–Trinajstić information content (AvgIpc) is 2.36. The Hall–Kier alpha value is -1.75. The van der Waals surface area contributed by atoms with Gasteiger partial charge in [0, 0.05) is 10.9 Å². The summed E-state index contributed by atoms with van der Waals surface area (Å²) >= 11 is 0. The van der Waals surface area contributed by atoms with Crippen molar-refractivity contribution in [2.75, 3.05) is 6.61 Å². The van der Waals surface area contributed by atoms with Crippen LogP contribution in [0.15, 0.2) is 24.3 Å². The number of hydrogen-bond donors (Lipinski definition) is 1. The van der Waals surface area contributed by atoms with Crippen LogP contribution in [0.25, 0.3) is 10.8 Å². The summed E-state index contributed by atoms with van der Waals surface area (Å²) < 4.78 is 44.9. The zero-order valence-electron chi connectivity index (χ0n) is 11.0. The van der Waals surface area contributed by atoms with Crippen LogP contribution in [0, 0.1) is 13.8 Å². The monoisotopic (exact) mass is 282 g/mol. The van der Waals surface area contributed by atoms with Crippen molar-refractivity contribution in [2.45, 2.75) is 25.6 Å². The molecule has 0 amide bonds. The van der Waals surface area contributed by atoms with Gasteiger partial charge in [-0.05, 0) is 30.4 Å². The van der Waals surface area contributed by atoms with E-state index in [1.54, 1.807) is 19.1 Å². The van der Waals surface area contributed by atoms with E-state index in [9.17, 15) is 18.3 Å². The van der Waals surface area contributed by atoms with E-state index in [0.717, 1.165) is 11.1 Å². The van der Waals surface area contributed by atoms with Gasteiger partial charge >= 0.3 is 6.18 Å². The van der Waals surface area contributed by atoms with Gasteiger partial charge in [-0.1, -0.05) is 24.3 Å². The van der Waals surface area contributed by atoms with Crippen molar-refractivity contribution < 1.29 is 23.0 Å². The molecule has 0 fully saturated rings. The summed E-state index contributed by atoms with van der Waals surface area (Å²) in [4.78, 5) is 0. The summed E-state index contributed by atoms with van der Waals surface area (Å²) in [5.41, 5.74) is -1.48. The first kappa shape index (κ1) is 13.2. The van der Waals surface area contributed by atoms with Crippen molar-refractivity contribution in [3.05, 3.63) is 41.0 Å². The van der Waals surface area contributed by atoms with E-state index in [1.165, 1.54) is 6.07 Å². The molecule has 2 aromatic rings. The highest BCUT2D eigenvalue weighted by Crippen LogP contribution is 2.48. The van der Waals surface area contributed by atoms with Gasteiger partial charge in [-0.3, -0.25) is 0 Å². The maximum absolute atomic E-state index is 13.2. The number of aliphatic hydroxyl groups is 1. The molecule has 0 saturated carbocycles. The maximum atomic E-state index is 13.2. The molecule has 0 bridgehead atoms. The summed E-state index contributed by atoms with van der Waals surface area (Å²) in [7, 11) is 0. The van der Waals surface area contributed by atoms with Crippen LogP contribution in [-0.2, 0) is 5.60 Å². The topological polar surface area (TPSA) is 29.5 Å². The second-order valence-corrected chi connectivity index (χ2v) is 5.21. The summed E-state index contributed by atoms with van der Waals surface area (Å²) in [6, 6.07) is 6.51. The molecule has 0 spiro atoms. The fourth-order valence-electron chi connectivity index (χ4n) is 2.68. The predicted octanol–water partition coefficient (Wildman–Crippen LogP) is 3.60. The molecule has 0 saturated heterocycles. The first-order chi connectivity index (χ1) is 9.25. The molecule has 0 aromatic heterocycles. The molecule has 106 valence electrons. The van der Waals surface area contributed by atoms with Crippen LogP contribution in [0.2, 0.25) is 0 Å². The van der Waals surface area contributed by atoms with Crippen LogP contribution in [-0.4, -0.2) is 17.9 Å². The van der Waals surface area contributed by atoms with Gasteiger partial charge in [-0.2, -0.15) is 13.2 Å². The quantitative estimate of drug-likeness (QED) is 0.800. The Labute approximate surface area is 113 Å². The van der Waals surface area contributed by atoms with Crippen LogP contribution in [0.1, 0.15) is 16.7 Å². The van der Waals surface area contributed by atoms with Crippen molar-refractivity contribution in [1.82, 2.24) is 0 Å². The average molecular weight is 282 g/mol. The molecule has 2 nitrogen and oxygen atoms in total. The van der Waals surface area contributed by atoms with Crippen LogP contribution in [0.3, 0.4) is 0 Å². The summed E-state index contributed by atoms with van der Waals surface area (Å²) in [6.45, 7) is 2.78. The van der Waals surface area contributed by atoms with E-state index in [-0.39, 0.29) is 5.56 Å². The first-order valence-corrected chi connectivity index (χ1v) is 6.21. The van der Waals surface area contributed by atoms with Gasteiger partial charge in [-0.15, -0.1) is 0 Å². The lowest BCUT2D eigenvalue weighted by Crippen LogP contribution is -2.48. The van der Waals surface area contributed by atoms with Crippen molar-refractivity contribution >= 4 is 10.8 Å². The molecule has 3 rings (SSSR count). The molecule has 0 radical (unpaired) electrons. The van der Waals surface area contributed by atoms with Crippen LogP contribution >= 0.6 is 0 Å². The third kappa shape index (κ3) is 1.56. The fraction of sp³-hybridized carbons (Fsp3) is 0.333. The van der Waals surface area contributed by atoms with Gasteiger partial charge in [0.25, 0.3) is 0 Å². The van der Waals surface area contributed by atoms with Crippen LogP contribution < -0.4 is 4.74 Å². The molecule has 0 aliphatic carbocycles. The second-order valence-electron chi connectivity index (χ2n) is 5.21. The lowest BCUT2D eigenvalue weighted by molar-refractivity contribution is -0.276. The molecule has 1 unspecified atom stereocenters. The fourth-order valence-corrected chi connectivity index (χ4v) is 2.68. The molecular formula is C15H13F3O2. The van der Waals surface area contributed by atoms with Crippen LogP contribution in [0.5, 0.6) is 5.75 Å². The number of rotatable bonds is 0. The number of hydrogen-bond acceptors (Lipinski definition) is 2. The van der Waals surface area contributed by atoms with Crippen molar-refractivity contribution in [3.8, 4) is 5.75 Å². The Balaban J connectivity index is 2.45. The van der Waals surface area contributed by atoms with Gasteiger partial charge < -0.3 is 9.84 Å². The highest BCUT2D eigenvalue weighted by Gasteiger charge is 2.58. The van der Waals surface area contributed by atoms with E-state index >= 15 is 0 Å². The molecular weight excluding hydrogens is 269 g/mol. The lowest BCUT2D eigenvalue weighted by atomic mass is 9.85. The molecule has 1 heterocycles. The first-order valence-electron chi connectivity index (χ1n) is 6.21. The predicted molar refractivity (Wildman–Crippen MR) is 68.9 cm³/mol. The third-order valence-corrected chi connectivity index (χ3v) is 3.89. The van der Waals surface area contributed by atoms with Gasteiger partial charge in [0.1, 0.15) is 12.4 Å². The van der Waals surface area contributed by atoms with Crippen molar-refractivity contribution in [1.29, 1.82) is 0 Å². The van der Waals surface area contributed by atoms with E-state index < -0.39 is 18.4 Å². The van der Waals surface area contributed by atoms with Gasteiger partial charge in [0.2, 0.25) is 5.60 Å². The third-order valence-electron chi connectivity index (χ3n) is 3.89. The molecule has 20 heavy (non-hydrogen) atoms. The van der Waals surface area contributed by atoms with E-state index in [4.69, 9.17) is 4.74 Å². The van der Waals surface area contributed by atoms with E-state index in [0.29, 0.717) is 16.5 Å². The van der Waals surface area contributed by atoms with Gasteiger partial charge in [0.05, 0.1) is 0 Å². The lowest BCUT2D eigenvalue weighted by Gasteiger charge is -2.36. The zero-order valence-corrected chi connectivity index (χ0v) is 11.0. The Bertz CT molecular complexity index is 706. The van der Waals surface area contributed by atoms with Crippen LogP contribution in [0.4, 0.5) is 13.2 Å². The largest absolute Gasteiger partial charge is 0.489 e. The maximum Gasteiger partial charge on any atom is 0.424 e. The number of alkyl halides is 3. The minimum absolute atomic E-state index is 0.129. The summed E-state index contributed by atoms with van der Waals surface area (Å²) in [5, 5.41) is 11.1. The molecule has 1 atom stereocenters. The normalized spacial score (nSPS) is 21.9. The van der Waals surface area contributed by atoms with Crippen molar-refractivity contribution in [2.24, 2.45) is 0 Å². The van der Waals surface area contributed by atoms with Gasteiger partial charge in [0.15, 0.2) is 0 Å². The Morgan fingerprint density at radius 2 is 1.75 bits per heavy atom. The molecule has 1 N–H and O–H groups in total. The molecule has 1 aliphatic heterocycles. The SMILES string of the molecule is Cc1ccc2c(C)ccc3c2c1OCC3(O)C(F)(F)F. The zero-order chi connectivity index (χ0) is 14.7. The number of ether oxygens (including phenoxy) is 1. The smallest absolute Gasteiger partial charge is 0.424 e. The molecule has 5 heteroatoms. The summed E-state index contributed by atoms with van der Waals surface area (Å²) in [6.07, 6.45) is -4.78. The summed E-state index contributed by atoms with van der Waals surface area (Å²) in [5.74, 6) is 0.426. The highest BCUT2D eigenvalue weighted by molar-refractivity contribution is 5.96. The van der Waals surface area contributed by atoms with E-state index in [1.807, 2.05) is 13.0 Å². The standard InChI is InChI=1S/C15H13F3O2/c1-8-4-6-11-12-10(8)5-3-9(2)13(12)20-7-14(11,19)15(16,17)18/h3-6,19H,7H2,1-2H3. The molecule has 1 aliphatic rings. The highest BCUT2D eigenvalue weighted by atomic mass is 19.4. The van der Waals surface area contributed by atoms with E-state index in [2.05, 4.69) is 0 Å². The minimum Gasteiger partial charge on any atom is -0.489 e. The van der Waals surface area contributed by atoms with Crippen molar-refractivity contribution in [3.63, 3.8) is 0 Å². The Morgan fingerprint density at radius 3 is 2.40 bits per heavy atom. The Morgan fingerprint density at radius 1 is 1.10 bits per heavy atom.